The third-order valence-electron chi connectivity index (χ3n) is 5.40. The van der Waals surface area contributed by atoms with E-state index >= 15 is 0 Å². The third kappa shape index (κ3) is 3.37. The summed E-state index contributed by atoms with van der Waals surface area (Å²) in [5.41, 5.74) is 4.47. The van der Waals surface area contributed by atoms with Gasteiger partial charge < -0.3 is 5.32 Å². The van der Waals surface area contributed by atoms with E-state index in [0.717, 1.165) is 16.9 Å². The number of fused-ring (bicyclic) bond motifs is 2. The first kappa shape index (κ1) is 19.8. The van der Waals surface area contributed by atoms with Gasteiger partial charge in [0.1, 0.15) is 22.9 Å². The fourth-order valence-corrected chi connectivity index (χ4v) is 3.83. The Balaban J connectivity index is 1.43. The number of pyridine rings is 1. The Bertz CT molecular complexity index is 1680. The van der Waals surface area contributed by atoms with Crippen molar-refractivity contribution >= 4 is 23.0 Å². The lowest BCUT2D eigenvalue weighted by molar-refractivity contribution is 0.102. The van der Waals surface area contributed by atoms with Gasteiger partial charge in [0.25, 0.3) is 5.91 Å². The normalized spacial score (nSPS) is 11.4. The molecule has 6 rings (SSSR count). The maximum Gasteiger partial charge on any atom is 0.277 e. The number of amides is 1. The summed E-state index contributed by atoms with van der Waals surface area (Å²) in [7, 11) is 1.74. The van der Waals surface area contributed by atoms with Crippen molar-refractivity contribution in [1.29, 1.82) is 0 Å². The second-order valence-electron chi connectivity index (χ2n) is 7.72. The molecule has 0 aliphatic carbocycles. The number of halogens is 1. The SMILES string of the molecule is Cn1ccc(C(=O)Nc2cn3nc(-c4c(-c5ccc(F)cc5)nc5ccccn45)ccc3n2)n1. The van der Waals surface area contributed by atoms with Gasteiger partial charge in [-0.15, -0.1) is 0 Å². The number of benzene rings is 1. The quantitative estimate of drug-likeness (QED) is 0.439. The van der Waals surface area contributed by atoms with Gasteiger partial charge in [-0.05, 0) is 54.6 Å². The summed E-state index contributed by atoms with van der Waals surface area (Å²) in [5.74, 6) is -0.311. The number of nitrogens with one attached hydrogen (secondary N) is 1. The van der Waals surface area contributed by atoms with E-state index in [0.29, 0.717) is 28.5 Å². The van der Waals surface area contributed by atoms with Crippen molar-refractivity contribution in [1.82, 2.24) is 33.8 Å². The molecule has 34 heavy (non-hydrogen) atoms. The van der Waals surface area contributed by atoms with Gasteiger partial charge in [0.15, 0.2) is 17.2 Å². The van der Waals surface area contributed by atoms with Gasteiger partial charge in [0, 0.05) is 25.0 Å². The van der Waals surface area contributed by atoms with E-state index in [2.05, 4.69) is 15.4 Å². The van der Waals surface area contributed by atoms with Crippen molar-refractivity contribution in [2.24, 2.45) is 7.05 Å². The molecule has 0 saturated heterocycles. The van der Waals surface area contributed by atoms with Crippen molar-refractivity contribution in [2.75, 3.05) is 5.32 Å². The minimum Gasteiger partial charge on any atom is -0.304 e. The van der Waals surface area contributed by atoms with Gasteiger partial charge in [0.05, 0.1) is 11.9 Å². The van der Waals surface area contributed by atoms with Gasteiger partial charge >= 0.3 is 0 Å². The monoisotopic (exact) mass is 452 g/mol. The smallest absolute Gasteiger partial charge is 0.277 e. The molecule has 0 saturated carbocycles. The number of hydrogen-bond donors (Lipinski definition) is 1. The van der Waals surface area contributed by atoms with Crippen LogP contribution in [0.1, 0.15) is 10.5 Å². The van der Waals surface area contributed by atoms with E-state index in [9.17, 15) is 9.18 Å². The molecule has 0 spiro atoms. The minimum atomic E-state index is -0.357. The van der Waals surface area contributed by atoms with Crippen LogP contribution in [0, 0.1) is 5.82 Å². The Labute approximate surface area is 192 Å². The zero-order chi connectivity index (χ0) is 23.2. The van der Waals surface area contributed by atoms with Crippen LogP contribution in [0.25, 0.3) is 33.9 Å². The number of carbonyl (C=O) groups excluding carboxylic acids is 1. The maximum atomic E-state index is 13.5. The zero-order valence-corrected chi connectivity index (χ0v) is 17.9. The van der Waals surface area contributed by atoms with Crippen LogP contribution < -0.4 is 5.32 Å². The highest BCUT2D eigenvalue weighted by Crippen LogP contribution is 2.32. The van der Waals surface area contributed by atoms with E-state index in [1.165, 1.54) is 12.1 Å². The zero-order valence-electron chi connectivity index (χ0n) is 17.9. The van der Waals surface area contributed by atoms with Gasteiger partial charge in [-0.25, -0.2) is 18.9 Å². The molecule has 0 unspecified atom stereocenters. The van der Waals surface area contributed by atoms with E-state index < -0.39 is 0 Å². The van der Waals surface area contributed by atoms with Crippen molar-refractivity contribution in [3.05, 3.63) is 90.8 Å². The number of carbonyl (C=O) groups is 1. The van der Waals surface area contributed by atoms with Crippen molar-refractivity contribution < 1.29 is 9.18 Å². The van der Waals surface area contributed by atoms with Crippen molar-refractivity contribution in [3.63, 3.8) is 0 Å². The fourth-order valence-electron chi connectivity index (χ4n) is 3.83. The van der Waals surface area contributed by atoms with E-state index in [-0.39, 0.29) is 11.7 Å². The molecular weight excluding hydrogens is 435 g/mol. The summed E-state index contributed by atoms with van der Waals surface area (Å²) >= 11 is 0. The average molecular weight is 452 g/mol. The van der Waals surface area contributed by atoms with Crippen LogP contribution in [-0.4, -0.2) is 39.7 Å². The summed E-state index contributed by atoms with van der Waals surface area (Å²) in [4.78, 5) is 21.6. The van der Waals surface area contributed by atoms with Crippen LogP contribution in [-0.2, 0) is 7.05 Å². The molecule has 9 nitrogen and oxygen atoms in total. The highest BCUT2D eigenvalue weighted by molar-refractivity contribution is 6.02. The summed E-state index contributed by atoms with van der Waals surface area (Å²) < 4.78 is 18.6. The van der Waals surface area contributed by atoms with Crippen molar-refractivity contribution in [3.8, 4) is 22.6 Å². The second-order valence-corrected chi connectivity index (χ2v) is 7.72. The van der Waals surface area contributed by atoms with Gasteiger partial charge in [-0.1, -0.05) is 6.07 Å². The summed E-state index contributed by atoms with van der Waals surface area (Å²) in [5, 5.41) is 11.6. The maximum absolute atomic E-state index is 13.5. The number of rotatable bonds is 4. The minimum absolute atomic E-state index is 0.294. The Kier molecular flexibility index (Phi) is 4.44. The molecule has 1 N–H and O–H groups in total. The number of imidazole rings is 2. The predicted molar refractivity (Wildman–Crippen MR) is 124 cm³/mol. The van der Waals surface area contributed by atoms with Crippen LogP contribution in [0.4, 0.5) is 10.2 Å². The fraction of sp³-hybridized carbons (Fsp3) is 0.0417. The first-order valence-corrected chi connectivity index (χ1v) is 10.5. The number of aryl methyl sites for hydroxylation is 1. The molecule has 0 aliphatic heterocycles. The van der Waals surface area contributed by atoms with Crippen LogP contribution in [0.15, 0.2) is 79.3 Å². The van der Waals surface area contributed by atoms with Gasteiger partial charge in [0.2, 0.25) is 0 Å². The highest BCUT2D eigenvalue weighted by atomic mass is 19.1. The van der Waals surface area contributed by atoms with Gasteiger partial charge in [-0.2, -0.15) is 10.2 Å². The number of hydrogen-bond acceptors (Lipinski definition) is 5. The molecule has 0 radical (unpaired) electrons. The molecule has 166 valence electrons. The van der Waals surface area contributed by atoms with E-state index in [1.54, 1.807) is 46.8 Å². The Morgan fingerprint density at radius 2 is 1.76 bits per heavy atom. The lowest BCUT2D eigenvalue weighted by Crippen LogP contribution is -2.13. The summed E-state index contributed by atoms with van der Waals surface area (Å²) in [6.45, 7) is 0. The van der Waals surface area contributed by atoms with Crippen LogP contribution in [0.2, 0.25) is 0 Å². The number of nitrogens with zero attached hydrogens (tertiary/aromatic N) is 7. The van der Waals surface area contributed by atoms with E-state index in [1.807, 2.05) is 40.9 Å². The molecule has 0 atom stereocenters. The molecule has 10 heteroatoms. The van der Waals surface area contributed by atoms with Crippen LogP contribution >= 0.6 is 0 Å². The Morgan fingerprint density at radius 3 is 2.56 bits per heavy atom. The first-order chi connectivity index (χ1) is 16.5. The highest BCUT2D eigenvalue weighted by Gasteiger charge is 2.18. The molecular formula is C24H17FN8O. The Morgan fingerprint density at radius 1 is 0.912 bits per heavy atom. The lowest BCUT2D eigenvalue weighted by atomic mass is 10.1. The molecule has 0 bridgehead atoms. The van der Waals surface area contributed by atoms with E-state index in [4.69, 9.17) is 10.1 Å². The summed E-state index contributed by atoms with van der Waals surface area (Å²) in [6.07, 6.45) is 5.24. The molecule has 5 aromatic heterocycles. The molecule has 1 amide bonds. The third-order valence-corrected chi connectivity index (χ3v) is 5.40. The lowest BCUT2D eigenvalue weighted by Gasteiger charge is -2.05. The molecule has 1 aromatic carbocycles. The van der Waals surface area contributed by atoms with Crippen molar-refractivity contribution in [2.45, 2.75) is 0 Å². The number of anilines is 1. The number of aromatic nitrogens is 7. The van der Waals surface area contributed by atoms with Crippen LogP contribution in [0.5, 0.6) is 0 Å². The molecule has 5 heterocycles. The van der Waals surface area contributed by atoms with Crippen LogP contribution in [0.3, 0.4) is 0 Å². The first-order valence-electron chi connectivity index (χ1n) is 10.5. The average Bonchev–Trinajstić information content (AvgIpc) is 3.55. The molecule has 0 aliphatic rings. The second kappa shape index (κ2) is 7.62. The summed E-state index contributed by atoms with van der Waals surface area (Å²) in [6, 6.07) is 17.2. The standard InChI is InChI=1S/C24H17FN8O/c1-31-13-11-18(29-31)24(34)27-19-14-33-21(26-19)10-9-17(30-33)23-22(15-5-7-16(25)8-6-15)28-20-4-2-3-12-32(20)23/h2-14H,1H3,(H,27,34). The molecule has 0 fully saturated rings. The largest absolute Gasteiger partial charge is 0.304 e. The molecule has 6 aromatic rings. The Hall–Kier alpha value is -4.86. The topological polar surface area (TPSA) is 94.4 Å². The van der Waals surface area contributed by atoms with Gasteiger partial charge in [-0.3, -0.25) is 13.9 Å². The predicted octanol–water partition coefficient (Wildman–Crippen LogP) is 3.84.